The lowest BCUT2D eigenvalue weighted by Crippen LogP contribution is -2.40. The van der Waals surface area contributed by atoms with Gasteiger partial charge in [-0.25, -0.2) is 0 Å². The SMILES string of the molecule is CC1(C)NC(=S)N(c2ccccc2O)C1=O. The molecule has 0 saturated carbocycles. The van der Waals surface area contributed by atoms with Crippen LogP contribution in [0.5, 0.6) is 5.75 Å². The summed E-state index contributed by atoms with van der Waals surface area (Å²) in [5, 5.41) is 12.9. The number of amides is 1. The zero-order chi connectivity index (χ0) is 11.9. The van der Waals surface area contributed by atoms with Crippen LogP contribution in [0.2, 0.25) is 0 Å². The van der Waals surface area contributed by atoms with Crippen molar-refractivity contribution in [3.63, 3.8) is 0 Å². The second-order valence-corrected chi connectivity index (χ2v) is 4.57. The van der Waals surface area contributed by atoms with Gasteiger partial charge in [-0.05, 0) is 38.2 Å². The number of carbonyl (C=O) groups is 1. The van der Waals surface area contributed by atoms with Gasteiger partial charge >= 0.3 is 0 Å². The molecule has 0 atom stereocenters. The van der Waals surface area contributed by atoms with E-state index in [1.165, 1.54) is 11.0 Å². The van der Waals surface area contributed by atoms with Crippen molar-refractivity contribution in [3.05, 3.63) is 24.3 Å². The van der Waals surface area contributed by atoms with E-state index in [2.05, 4.69) is 5.32 Å². The van der Waals surface area contributed by atoms with Gasteiger partial charge in [-0.3, -0.25) is 9.69 Å². The molecule has 1 amide bonds. The van der Waals surface area contributed by atoms with Crippen molar-refractivity contribution in [3.8, 4) is 5.75 Å². The molecule has 0 radical (unpaired) electrons. The number of nitrogens with zero attached hydrogens (tertiary/aromatic N) is 1. The Balaban J connectivity index is 2.47. The smallest absolute Gasteiger partial charge is 0.258 e. The van der Waals surface area contributed by atoms with Gasteiger partial charge in [0.25, 0.3) is 5.91 Å². The highest BCUT2D eigenvalue weighted by molar-refractivity contribution is 7.80. The molecular weight excluding hydrogens is 224 g/mol. The summed E-state index contributed by atoms with van der Waals surface area (Å²) in [6.07, 6.45) is 0. The highest BCUT2D eigenvalue weighted by Crippen LogP contribution is 2.31. The Morgan fingerprint density at radius 3 is 2.50 bits per heavy atom. The number of phenols is 1. The molecule has 4 nitrogen and oxygen atoms in total. The zero-order valence-corrected chi connectivity index (χ0v) is 9.84. The van der Waals surface area contributed by atoms with E-state index in [9.17, 15) is 9.90 Å². The zero-order valence-electron chi connectivity index (χ0n) is 9.02. The molecule has 5 heteroatoms. The molecule has 0 spiro atoms. The molecule has 16 heavy (non-hydrogen) atoms. The first-order valence-electron chi connectivity index (χ1n) is 4.88. The summed E-state index contributed by atoms with van der Waals surface area (Å²) in [6, 6.07) is 6.62. The summed E-state index contributed by atoms with van der Waals surface area (Å²) in [7, 11) is 0. The number of thiocarbonyl (C=S) groups is 1. The van der Waals surface area contributed by atoms with E-state index in [1.807, 2.05) is 0 Å². The number of aromatic hydroxyl groups is 1. The largest absolute Gasteiger partial charge is 0.506 e. The predicted molar refractivity (Wildman–Crippen MR) is 65.4 cm³/mol. The first-order chi connectivity index (χ1) is 7.43. The first-order valence-corrected chi connectivity index (χ1v) is 5.29. The maximum absolute atomic E-state index is 12.1. The summed E-state index contributed by atoms with van der Waals surface area (Å²) in [4.78, 5) is 13.4. The van der Waals surface area contributed by atoms with E-state index in [0.29, 0.717) is 10.8 Å². The van der Waals surface area contributed by atoms with E-state index < -0.39 is 5.54 Å². The number of hydrogen-bond donors (Lipinski definition) is 2. The van der Waals surface area contributed by atoms with Gasteiger partial charge in [0.05, 0.1) is 5.69 Å². The molecule has 1 aliphatic rings. The van der Waals surface area contributed by atoms with E-state index >= 15 is 0 Å². The van der Waals surface area contributed by atoms with Crippen LogP contribution in [-0.2, 0) is 4.79 Å². The molecule has 1 saturated heterocycles. The number of benzene rings is 1. The third-order valence-electron chi connectivity index (χ3n) is 2.48. The van der Waals surface area contributed by atoms with Crippen LogP contribution in [0, 0.1) is 0 Å². The topological polar surface area (TPSA) is 52.6 Å². The molecule has 1 fully saturated rings. The normalized spacial score (nSPS) is 18.8. The number of para-hydroxylation sites is 2. The molecule has 84 valence electrons. The van der Waals surface area contributed by atoms with Crippen LogP contribution >= 0.6 is 12.2 Å². The van der Waals surface area contributed by atoms with Crippen molar-refractivity contribution in [2.24, 2.45) is 0 Å². The van der Waals surface area contributed by atoms with Crippen LogP contribution in [0.3, 0.4) is 0 Å². The second-order valence-electron chi connectivity index (χ2n) is 4.18. The monoisotopic (exact) mass is 236 g/mol. The minimum absolute atomic E-state index is 0.0395. The third kappa shape index (κ3) is 1.53. The number of nitrogens with one attached hydrogen (secondary N) is 1. The van der Waals surface area contributed by atoms with Crippen molar-refractivity contribution < 1.29 is 9.90 Å². The molecule has 0 aromatic heterocycles. The summed E-state index contributed by atoms with van der Waals surface area (Å²) in [5.74, 6) is -0.128. The van der Waals surface area contributed by atoms with E-state index in [4.69, 9.17) is 12.2 Å². The molecule has 0 aliphatic carbocycles. The number of anilines is 1. The van der Waals surface area contributed by atoms with Crippen LogP contribution in [0.4, 0.5) is 5.69 Å². The van der Waals surface area contributed by atoms with Crippen LogP contribution in [0.15, 0.2) is 24.3 Å². The lowest BCUT2D eigenvalue weighted by atomic mass is 10.1. The molecule has 2 rings (SSSR count). The Morgan fingerprint density at radius 2 is 2.00 bits per heavy atom. The van der Waals surface area contributed by atoms with Gasteiger partial charge in [-0.2, -0.15) is 0 Å². The standard InChI is InChI=1S/C11H12N2O2S/c1-11(2)9(15)13(10(16)12-11)7-5-3-4-6-8(7)14/h3-6,14H,1-2H3,(H,12,16). The molecule has 0 bridgehead atoms. The number of rotatable bonds is 1. The Labute approximate surface area is 98.9 Å². The van der Waals surface area contributed by atoms with Crippen molar-refractivity contribution in [1.82, 2.24) is 5.32 Å². The Hall–Kier alpha value is -1.62. The first kappa shape index (κ1) is 10.9. The Kier molecular flexibility index (Phi) is 2.35. The summed E-state index contributed by atoms with van der Waals surface area (Å²) in [6.45, 7) is 3.50. The second kappa shape index (κ2) is 3.45. The molecule has 1 aliphatic heterocycles. The lowest BCUT2D eigenvalue weighted by molar-refractivity contribution is -0.121. The van der Waals surface area contributed by atoms with Crippen molar-refractivity contribution in [1.29, 1.82) is 0 Å². The fourth-order valence-electron chi connectivity index (χ4n) is 1.62. The van der Waals surface area contributed by atoms with Crippen LogP contribution in [0.25, 0.3) is 0 Å². The van der Waals surface area contributed by atoms with E-state index in [1.54, 1.807) is 32.0 Å². The number of phenolic OH excluding ortho intramolecular Hbond substituents is 1. The van der Waals surface area contributed by atoms with Gasteiger partial charge in [-0.15, -0.1) is 0 Å². The highest BCUT2D eigenvalue weighted by Gasteiger charge is 2.43. The fraction of sp³-hybridized carbons (Fsp3) is 0.273. The van der Waals surface area contributed by atoms with Gasteiger partial charge in [-0.1, -0.05) is 12.1 Å². The molecule has 1 heterocycles. The minimum Gasteiger partial charge on any atom is -0.506 e. The predicted octanol–water partition coefficient (Wildman–Crippen LogP) is 1.39. The van der Waals surface area contributed by atoms with E-state index in [0.717, 1.165) is 0 Å². The van der Waals surface area contributed by atoms with Crippen molar-refractivity contribution >= 4 is 28.9 Å². The maximum atomic E-state index is 12.1. The van der Waals surface area contributed by atoms with Crippen LogP contribution in [-0.4, -0.2) is 21.7 Å². The van der Waals surface area contributed by atoms with Crippen molar-refractivity contribution in [2.45, 2.75) is 19.4 Å². The fourth-order valence-corrected chi connectivity index (χ4v) is 2.06. The Bertz CT molecular complexity index is 471. The van der Waals surface area contributed by atoms with Gasteiger partial charge in [0, 0.05) is 0 Å². The van der Waals surface area contributed by atoms with Gasteiger partial charge < -0.3 is 10.4 Å². The average Bonchev–Trinajstić information content (AvgIpc) is 2.39. The highest BCUT2D eigenvalue weighted by atomic mass is 32.1. The van der Waals surface area contributed by atoms with Crippen LogP contribution < -0.4 is 10.2 Å². The maximum Gasteiger partial charge on any atom is 0.258 e. The third-order valence-corrected chi connectivity index (χ3v) is 2.77. The minimum atomic E-state index is -0.723. The van der Waals surface area contributed by atoms with Crippen LogP contribution in [0.1, 0.15) is 13.8 Å². The molecule has 1 aromatic carbocycles. The lowest BCUT2D eigenvalue weighted by Gasteiger charge is -2.17. The molecule has 0 unspecified atom stereocenters. The van der Waals surface area contributed by atoms with Crippen molar-refractivity contribution in [2.75, 3.05) is 4.90 Å². The number of hydrogen-bond acceptors (Lipinski definition) is 3. The molecule has 1 aromatic rings. The molecule has 2 N–H and O–H groups in total. The Morgan fingerprint density at radius 1 is 1.38 bits per heavy atom. The van der Waals surface area contributed by atoms with E-state index in [-0.39, 0.29) is 11.7 Å². The number of carbonyl (C=O) groups excluding carboxylic acids is 1. The summed E-state index contributed by atoms with van der Waals surface area (Å²) < 4.78 is 0. The van der Waals surface area contributed by atoms with Gasteiger partial charge in [0.1, 0.15) is 11.3 Å². The quantitative estimate of drug-likeness (QED) is 0.724. The summed E-state index contributed by atoms with van der Waals surface area (Å²) in [5.41, 5.74) is -0.310. The molecular formula is C11H12N2O2S. The summed E-state index contributed by atoms with van der Waals surface area (Å²) >= 11 is 5.09. The van der Waals surface area contributed by atoms with Gasteiger partial charge in [0.2, 0.25) is 0 Å². The average molecular weight is 236 g/mol. The van der Waals surface area contributed by atoms with Gasteiger partial charge in [0.15, 0.2) is 5.11 Å².